The van der Waals surface area contributed by atoms with Crippen LogP contribution in [0.4, 0.5) is 10.2 Å². The Morgan fingerprint density at radius 1 is 1.00 bits per heavy atom. The molecule has 2 aromatic carbocycles. The number of hydrogen-bond donors (Lipinski definition) is 1. The first kappa shape index (κ1) is 20.3. The van der Waals surface area contributed by atoms with Crippen LogP contribution < -0.4 is 5.32 Å². The van der Waals surface area contributed by atoms with E-state index in [1.165, 1.54) is 23.5 Å². The lowest BCUT2D eigenvalue weighted by molar-refractivity contribution is 0.102. The van der Waals surface area contributed by atoms with Gasteiger partial charge in [0, 0.05) is 21.9 Å². The van der Waals surface area contributed by atoms with Crippen LogP contribution in [0.5, 0.6) is 0 Å². The molecule has 8 heteroatoms. The van der Waals surface area contributed by atoms with Crippen molar-refractivity contribution in [3.8, 4) is 21.8 Å². The van der Waals surface area contributed by atoms with E-state index in [2.05, 4.69) is 15.3 Å². The van der Waals surface area contributed by atoms with E-state index < -0.39 is 0 Å². The van der Waals surface area contributed by atoms with E-state index in [0.29, 0.717) is 29.3 Å². The van der Waals surface area contributed by atoms with E-state index >= 15 is 0 Å². The van der Waals surface area contributed by atoms with Crippen LogP contribution in [-0.2, 0) is 6.54 Å². The van der Waals surface area contributed by atoms with Gasteiger partial charge in [0.2, 0.25) is 0 Å². The number of nitrogens with zero attached hydrogens (tertiary/aromatic N) is 3. The number of amides is 1. The maximum Gasteiger partial charge on any atom is 0.276 e. The van der Waals surface area contributed by atoms with Gasteiger partial charge in [-0.2, -0.15) is 11.3 Å². The van der Waals surface area contributed by atoms with Gasteiger partial charge in [0.15, 0.2) is 0 Å². The molecular weight excluding hydrogens is 443 g/mol. The Morgan fingerprint density at radius 3 is 2.56 bits per heavy atom. The molecule has 0 spiro atoms. The molecule has 0 atom stereocenters. The van der Waals surface area contributed by atoms with Crippen molar-refractivity contribution in [1.29, 1.82) is 0 Å². The molecule has 0 aliphatic heterocycles. The Balaban J connectivity index is 1.48. The molecule has 1 amide bonds. The number of anilines is 1. The van der Waals surface area contributed by atoms with Crippen molar-refractivity contribution in [2.75, 3.05) is 5.32 Å². The number of aromatic nitrogens is 3. The van der Waals surface area contributed by atoms with Crippen LogP contribution in [-0.4, -0.2) is 20.4 Å². The Hall–Kier alpha value is -3.62. The van der Waals surface area contributed by atoms with Crippen LogP contribution in [0.1, 0.15) is 16.1 Å². The molecule has 3 heterocycles. The number of carbonyl (C=O) groups is 1. The summed E-state index contributed by atoms with van der Waals surface area (Å²) in [5, 5.41) is 9.51. The van der Waals surface area contributed by atoms with Crippen molar-refractivity contribution in [1.82, 2.24) is 14.5 Å². The Kier molecular flexibility index (Phi) is 5.62. The molecule has 0 saturated carbocycles. The zero-order chi connectivity index (χ0) is 21.9. The summed E-state index contributed by atoms with van der Waals surface area (Å²) in [5.41, 5.74) is 3.70. The van der Waals surface area contributed by atoms with Crippen molar-refractivity contribution >= 4 is 34.4 Å². The largest absolute Gasteiger partial charge is 0.312 e. The molecule has 158 valence electrons. The Morgan fingerprint density at radius 2 is 1.81 bits per heavy atom. The number of benzene rings is 2. The zero-order valence-electron chi connectivity index (χ0n) is 16.7. The lowest BCUT2D eigenvalue weighted by atomic mass is 10.1. The molecule has 0 bridgehead atoms. The average Bonchev–Trinajstić information content (AvgIpc) is 3.57. The SMILES string of the molecule is O=C(Nc1c(-c2ccc(F)cc2)ncn1Cc1ccccc1)c1csc(-c2ccsc2)n1. The smallest absolute Gasteiger partial charge is 0.276 e. The van der Waals surface area contributed by atoms with Crippen molar-refractivity contribution in [3.05, 3.63) is 100 Å². The first-order valence-corrected chi connectivity index (χ1v) is 11.6. The number of carbonyl (C=O) groups excluding carboxylic acids is 1. The number of nitrogens with one attached hydrogen (secondary N) is 1. The van der Waals surface area contributed by atoms with Gasteiger partial charge in [-0.05, 0) is 41.3 Å². The standard InChI is InChI=1S/C24H17FN4OS2/c25-19-8-6-17(7-9-19)21-22(29(15-26-21)12-16-4-2-1-3-5-16)28-23(30)20-14-32-24(27-20)18-10-11-31-13-18/h1-11,13-15H,12H2,(H,28,30). The molecule has 5 nitrogen and oxygen atoms in total. The summed E-state index contributed by atoms with van der Waals surface area (Å²) in [5.74, 6) is -0.108. The van der Waals surface area contributed by atoms with E-state index in [4.69, 9.17) is 0 Å². The predicted molar refractivity (Wildman–Crippen MR) is 127 cm³/mol. The van der Waals surface area contributed by atoms with E-state index in [0.717, 1.165) is 16.1 Å². The Bertz CT molecular complexity index is 1340. The molecule has 0 fully saturated rings. The van der Waals surface area contributed by atoms with Crippen LogP contribution >= 0.6 is 22.7 Å². The van der Waals surface area contributed by atoms with Crippen molar-refractivity contribution in [2.45, 2.75) is 6.54 Å². The fraction of sp³-hybridized carbons (Fsp3) is 0.0417. The van der Waals surface area contributed by atoms with Crippen LogP contribution in [0.3, 0.4) is 0 Å². The summed E-state index contributed by atoms with van der Waals surface area (Å²) in [6.07, 6.45) is 1.68. The molecule has 0 aliphatic carbocycles. The molecule has 32 heavy (non-hydrogen) atoms. The highest BCUT2D eigenvalue weighted by Gasteiger charge is 2.19. The zero-order valence-corrected chi connectivity index (χ0v) is 18.4. The van der Waals surface area contributed by atoms with Crippen molar-refractivity contribution in [3.63, 3.8) is 0 Å². The monoisotopic (exact) mass is 460 g/mol. The average molecular weight is 461 g/mol. The normalized spacial score (nSPS) is 10.9. The van der Waals surface area contributed by atoms with Gasteiger partial charge >= 0.3 is 0 Å². The van der Waals surface area contributed by atoms with Gasteiger partial charge in [0.05, 0.1) is 12.9 Å². The fourth-order valence-electron chi connectivity index (χ4n) is 3.30. The molecule has 5 aromatic rings. The van der Waals surface area contributed by atoms with Crippen LogP contribution in [0.25, 0.3) is 21.8 Å². The van der Waals surface area contributed by atoms with Gasteiger partial charge in [-0.25, -0.2) is 14.4 Å². The molecular formula is C24H17FN4OS2. The van der Waals surface area contributed by atoms with Gasteiger partial charge in [-0.1, -0.05) is 30.3 Å². The number of halogens is 1. The maximum atomic E-state index is 13.4. The van der Waals surface area contributed by atoms with Gasteiger partial charge in [0.25, 0.3) is 5.91 Å². The van der Waals surface area contributed by atoms with E-state index in [9.17, 15) is 9.18 Å². The summed E-state index contributed by atoms with van der Waals surface area (Å²) in [6.45, 7) is 0.530. The molecule has 0 unspecified atom stereocenters. The van der Waals surface area contributed by atoms with Crippen LogP contribution in [0, 0.1) is 5.82 Å². The number of imidazole rings is 1. The number of thiazole rings is 1. The van der Waals surface area contributed by atoms with Crippen LogP contribution in [0.15, 0.2) is 83.1 Å². The predicted octanol–water partition coefficient (Wildman–Crippen LogP) is 6.17. The minimum absolute atomic E-state index is 0.319. The molecule has 0 aliphatic rings. The van der Waals surface area contributed by atoms with Crippen molar-refractivity contribution < 1.29 is 9.18 Å². The lowest BCUT2D eigenvalue weighted by Gasteiger charge is -2.11. The number of rotatable bonds is 6. The maximum absolute atomic E-state index is 13.4. The second-order valence-electron chi connectivity index (χ2n) is 7.07. The second kappa shape index (κ2) is 8.86. The van der Waals surface area contributed by atoms with Gasteiger partial charge in [-0.3, -0.25) is 4.79 Å². The van der Waals surface area contributed by atoms with Gasteiger partial charge in [-0.15, -0.1) is 11.3 Å². The minimum Gasteiger partial charge on any atom is -0.312 e. The summed E-state index contributed by atoms with van der Waals surface area (Å²) in [7, 11) is 0. The number of hydrogen-bond acceptors (Lipinski definition) is 5. The van der Waals surface area contributed by atoms with E-state index in [1.54, 1.807) is 35.2 Å². The van der Waals surface area contributed by atoms with E-state index in [1.807, 2.05) is 51.7 Å². The van der Waals surface area contributed by atoms with Crippen molar-refractivity contribution in [2.24, 2.45) is 0 Å². The summed E-state index contributed by atoms with van der Waals surface area (Å²) in [6, 6.07) is 17.9. The molecule has 3 aromatic heterocycles. The second-order valence-corrected chi connectivity index (χ2v) is 8.70. The van der Waals surface area contributed by atoms with Crippen LogP contribution in [0.2, 0.25) is 0 Å². The van der Waals surface area contributed by atoms with Gasteiger partial charge in [0.1, 0.15) is 28.0 Å². The molecule has 5 rings (SSSR count). The highest BCUT2D eigenvalue weighted by Crippen LogP contribution is 2.29. The highest BCUT2D eigenvalue weighted by atomic mass is 32.1. The highest BCUT2D eigenvalue weighted by molar-refractivity contribution is 7.14. The third kappa shape index (κ3) is 4.23. The summed E-state index contributed by atoms with van der Waals surface area (Å²) < 4.78 is 15.3. The molecule has 0 saturated heterocycles. The summed E-state index contributed by atoms with van der Waals surface area (Å²) >= 11 is 3.01. The first-order chi connectivity index (χ1) is 15.7. The van der Waals surface area contributed by atoms with Gasteiger partial charge < -0.3 is 9.88 Å². The minimum atomic E-state index is -0.327. The topological polar surface area (TPSA) is 59.8 Å². The third-order valence-corrected chi connectivity index (χ3v) is 6.46. The lowest BCUT2D eigenvalue weighted by Crippen LogP contribution is -2.16. The third-order valence-electron chi connectivity index (χ3n) is 4.89. The van der Waals surface area contributed by atoms with E-state index in [-0.39, 0.29) is 11.7 Å². The fourth-order valence-corrected chi connectivity index (χ4v) is 4.81. The Labute approximate surface area is 191 Å². The summed E-state index contributed by atoms with van der Waals surface area (Å²) in [4.78, 5) is 22.1. The number of thiophene rings is 1. The molecule has 1 N–H and O–H groups in total. The first-order valence-electron chi connectivity index (χ1n) is 9.82. The quantitative estimate of drug-likeness (QED) is 0.329. The molecule has 0 radical (unpaired) electrons.